The second-order valence-electron chi connectivity index (χ2n) is 12.5. The molecule has 0 saturated carbocycles. The summed E-state index contributed by atoms with van der Waals surface area (Å²) in [7, 11) is 3.26. The molecule has 2 fully saturated rings. The summed E-state index contributed by atoms with van der Waals surface area (Å²) in [6, 6.07) is 27.7. The largest absolute Gasteiger partial charge is 0.497 e. The van der Waals surface area contributed by atoms with Gasteiger partial charge in [-0.25, -0.2) is 4.98 Å². The Morgan fingerprint density at radius 1 is 0.942 bits per heavy atom. The molecule has 7 rings (SSSR count). The lowest BCUT2D eigenvalue weighted by atomic mass is 9.80. The molecule has 14 heteroatoms. The van der Waals surface area contributed by atoms with Gasteiger partial charge in [0.25, 0.3) is 0 Å². The minimum atomic E-state index is -1.08. The fraction of sp³-hybridized carbons (Fsp3) is 0.368. The summed E-state index contributed by atoms with van der Waals surface area (Å²) in [6.07, 6.45) is 0.514. The molecule has 0 amide bonds. The van der Waals surface area contributed by atoms with Crippen LogP contribution in [0.3, 0.4) is 0 Å². The van der Waals surface area contributed by atoms with Gasteiger partial charge in [-0.15, -0.1) is 0 Å². The summed E-state index contributed by atoms with van der Waals surface area (Å²) in [5, 5.41) is 11.1. The van der Waals surface area contributed by atoms with E-state index in [0.29, 0.717) is 49.9 Å². The number of rotatable bonds is 13. The quantitative estimate of drug-likeness (QED) is 0.140. The number of nitriles is 1. The van der Waals surface area contributed by atoms with E-state index in [-0.39, 0.29) is 36.7 Å². The van der Waals surface area contributed by atoms with Crippen LogP contribution in [0, 0.1) is 11.3 Å². The first-order chi connectivity index (χ1) is 25.5. The van der Waals surface area contributed by atoms with Crippen molar-refractivity contribution in [3.05, 3.63) is 112 Å². The first-order valence-corrected chi connectivity index (χ1v) is 17.2. The Morgan fingerprint density at radius 3 is 2.19 bits per heavy atom. The molecule has 2 aliphatic heterocycles. The number of ether oxygens (including phenoxy) is 6. The number of fused-ring (bicyclic) bond motifs is 1. The van der Waals surface area contributed by atoms with E-state index in [1.807, 2.05) is 83.9 Å². The van der Waals surface area contributed by atoms with Crippen molar-refractivity contribution in [2.24, 2.45) is 0 Å². The number of nitrogen functional groups attached to an aromatic ring is 1. The van der Waals surface area contributed by atoms with Crippen molar-refractivity contribution in [3.63, 3.8) is 0 Å². The lowest BCUT2D eigenvalue weighted by molar-refractivity contribution is -0.103. The Balaban J connectivity index is 1.25. The van der Waals surface area contributed by atoms with Gasteiger partial charge in [0.1, 0.15) is 29.4 Å². The van der Waals surface area contributed by atoms with Crippen LogP contribution in [-0.2, 0) is 24.5 Å². The van der Waals surface area contributed by atoms with E-state index in [1.165, 1.54) is 4.68 Å². The Bertz CT molecular complexity index is 2010. The number of methoxy groups -OCH3 is 2. The van der Waals surface area contributed by atoms with E-state index in [0.717, 1.165) is 16.7 Å². The number of benzene rings is 3. The first-order valence-electron chi connectivity index (χ1n) is 17.2. The Morgan fingerprint density at radius 2 is 1.58 bits per heavy atom. The maximum absolute atomic E-state index is 13.6. The normalized spacial score (nSPS) is 19.1. The zero-order valence-corrected chi connectivity index (χ0v) is 29.1. The van der Waals surface area contributed by atoms with Gasteiger partial charge in [0.05, 0.1) is 78.7 Å². The zero-order valence-electron chi connectivity index (χ0n) is 29.1. The molecule has 0 spiro atoms. The Kier molecular flexibility index (Phi) is 10.4. The highest BCUT2D eigenvalue weighted by Crippen LogP contribution is 2.43. The maximum atomic E-state index is 13.6. The van der Waals surface area contributed by atoms with E-state index in [9.17, 15) is 10.1 Å². The van der Waals surface area contributed by atoms with Gasteiger partial charge in [-0.2, -0.15) is 14.9 Å². The average Bonchev–Trinajstić information content (AvgIpc) is 3.80. The van der Waals surface area contributed by atoms with Crippen molar-refractivity contribution in [1.29, 1.82) is 5.26 Å². The second-order valence-corrected chi connectivity index (χ2v) is 12.5. The fourth-order valence-electron chi connectivity index (χ4n) is 6.95. The molecular formula is C38H41N7O7. The van der Waals surface area contributed by atoms with Crippen molar-refractivity contribution in [1.82, 2.24) is 19.2 Å². The average molecular weight is 708 g/mol. The molecule has 14 nitrogen and oxygen atoms in total. The van der Waals surface area contributed by atoms with Crippen molar-refractivity contribution < 1.29 is 28.4 Å². The molecule has 270 valence electrons. The lowest BCUT2D eigenvalue weighted by Gasteiger charge is -2.37. The van der Waals surface area contributed by atoms with Gasteiger partial charge in [0, 0.05) is 6.42 Å². The summed E-state index contributed by atoms with van der Waals surface area (Å²) in [5.74, 6) is 1.48. The molecular weight excluding hydrogens is 666 g/mol. The van der Waals surface area contributed by atoms with E-state index in [1.54, 1.807) is 25.1 Å². The summed E-state index contributed by atoms with van der Waals surface area (Å²) in [4.78, 5) is 22.7. The Labute approximate surface area is 300 Å². The number of anilines is 1. The van der Waals surface area contributed by atoms with E-state index in [4.69, 9.17) is 34.2 Å². The van der Waals surface area contributed by atoms with Crippen molar-refractivity contribution in [3.8, 4) is 17.6 Å². The van der Waals surface area contributed by atoms with Gasteiger partial charge in [-0.05, 0) is 41.0 Å². The fourth-order valence-corrected chi connectivity index (χ4v) is 6.95. The van der Waals surface area contributed by atoms with Crippen LogP contribution in [0.4, 0.5) is 5.95 Å². The van der Waals surface area contributed by atoms with E-state index in [2.05, 4.69) is 16.0 Å². The van der Waals surface area contributed by atoms with Crippen LogP contribution >= 0.6 is 0 Å². The van der Waals surface area contributed by atoms with Crippen molar-refractivity contribution >= 4 is 17.1 Å². The molecule has 2 saturated heterocycles. The standard InChI is InChI=1S/C38H41N7O7/c1-47-29-13-9-27(10-14-29)38(26-7-4-3-5-8-26,28-11-15-30(48-2)16-12-28)51-24-32-31(50-20-6-17-39)23-33(52-32)44-25-41-34-35(44)42-37(40)45(36(34)46)43-18-21-49-22-19-43/h3-5,7-16,25,31-33H,6,18-24H2,1-2H3,(H2,40,42)/t31-,32+,33+/m0/s1. The monoisotopic (exact) mass is 707 g/mol. The van der Waals surface area contributed by atoms with Gasteiger partial charge in [-0.3, -0.25) is 9.36 Å². The number of aromatic nitrogens is 4. The van der Waals surface area contributed by atoms with Crippen LogP contribution < -0.4 is 25.8 Å². The third kappa shape index (κ3) is 6.67. The number of imidazole rings is 1. The third-order valence-electron chi connectivity index (χ3n) is 9.54. The number of morpholine rings is 1. The topological polar surface area (TPSA) is 161 Å². The van der Waals surface area contributed by atoms with E-state index >= 15 is 0 Å². The molecule has 2 N–H and O–H groups in total. The van der Waals surface area contributed by atoms with Crippen LogP contribution in [-0.4, -0.2) is 85.2 Å². The molecule has 3 atom stereocenters. The molecule has 0 bridgehead atoms. The number of hydrogen-bond acceptors (Lipinski definition) is 12. The molecule has 0 aliphatic carbocycles. The molecule has 0 radical (unpaired) electrons. The lowest BCUT2D eigenvalue weighted by Crippen LogP contribution is -2.50. The van der Waals surface area contributed by atoms with Crippen LogP contribution in [0.2, 0.25) is 0 Å². The molecule has 3 aromatic carbocycles. The van der Waals surface area contributed by atoms with Crippen LogP contribution in [0.25, 0.3) is 11.2 Å². The van der Waals surface area contributed by atoms with Crippen LogP contribution in [0.15, 0.2) is 90.0 Å². The Hall–Kier alpha value is -5.46. The van der Waals surface area contributed by atoms with Crippen LogP contribution in [0.5, 0.6) is 11.5 Å². The maximum Gasteiger partial charge on any atom is 0.301 e. The highest BCUT2D eigenvalue weighted by molar-refractivity contribution is 5.71. The second kappa shape index (κ2) is 15.4. The van der Waals surface area contributed by atoms with Crippen molar-refractivity contribution in [2.45, 2.75) is 36.9 Å². The van der Waals surface area contributed by atoms with Gasteiger partial charge in [0.2, 0.25) is 5.95 Å². The van der Waals surface area contributed by atoms with Gasteiger partial charge < -0.3 is 39.2 Å². The van der Waals surface area contributed by atoms with E-state index < -0.39 is 24.0 Å². The summed E-state index contributed by atoms with van der Waals surface area (Å²) >= 11 is 0. The molecule has 0 unspecified atom stereocenters. The predicted octanol–water partition coefficient (Wildman–Crippen LogP) is 3.76. The van der Waals surface area contributed by atoms with Crippen molar-refractivity contribution in [2.75, 3.05) is 64.5 Å². The number of nitrogens with zero attached hydrogens (tertiary/aromatic N) is 6. The highest BCUT2D eigenvalue weighted by atomic mass is 16.6. The molecule has 4 heterocycles. The minimum Gasteiger partial charge on any atom is -0.497 e. The van der Waals surface area contributed by atoms with Crippen LogP contribution in [0.1, 0.15) is 35.8 Å². The SMILES string of the molecule is COc1ccc(C(OC[C@H]2O[C@@H](n3cnc4c(=O)n(N5CCOCC5)c(N)nc43)C[C@@H]2OCCC#N)(c2ccccc2)c2ccc(OC)cc2)cc1. The summed E-state index contributed by atoms with van der Waals surface area (Å²) in [5.41, 5.74) is 8.06. The zero-order chi connectivity index (χ0) is 36.1. The summed E-state index contributed by atoms with van der Waals surface area (Å²) < 4.78 is 39.6. The number of nitrogens with two attached hydrogens (primary N) is 1. The number of hydrogen-bond donors (Lipinski definition) is 1. The predicted molar refractivity (Wildman–Crippen MR) is 192 cm³/mol. The minimum absolute atomic E-state index is 0.0486. The van der Waals surface area contributed by atoms with Gasteiger partial charge in [0.15, 0.2) is 11.2 Å². The summed E-state index contributed by atoms with van der Waals surface area (Å²) in [6.45, 7) is 2.29. The highest BCUT2D eigenvalue weighted by Gasteiger charge is 2.43. The van der Waals surface area contributed by atoms with Gasteiger partial charge in [-0.1, -0.05) is 54.6 Å². The first kappa shape index (κ1) is 35.0. The smallest absolute Gasteiger partial charge is 0.301 e. The molecule has 2 aliphatic rings. The molecule has 5 aromatic rings. The van der Waals surface area contributed by atoms with Gasteiger partial charge >= 0.3 is 5.56 Å². The third-order valence-corrected chi connectivity index (χ3v) is 9.54. The molecule has 2 aromatic heterocycles. The molecule has 52 heavy (non-hydrogen) atoms.